The van der Waals surface area contributed by atoms with E-state index in [0.717, 1.165) is 75.5 Å². The lowest BCUT2D eigenvalue weighted by atomic mass is 9.49. The molecule has 0 spiro atoms. The molecule has 5 aliphatic carbocycles. The highest BCUT2D eigenvalue weighted by molar-refractivity contribution is 5.78. The quantitative estimate of drug-likeness (QED) is 0.188. The maximum atomic E-state index is 13.7. The van der Waals surface area contributed by atoms with Crippen molar-refractivity contribution < 1.29 is 19.3 Å². The summed E-state index contributed by atoms with van der Waals surface area (Å²) < 4.78 is 6.43. The molecular weight excluding hydrogens is 400 g/mol. The third-order valence-corrected chi connectivity index (χ3v) is 8.34. The summed E-state index contributed by atoms with van der Waals surface area (Å²) in [6.45, 7) is 10.1. The van der Waals surface area contributed by atoms with Crippen molar-refractivity contribution in [3.8, 4) is 11.8 Å². The Labute approximate surface area is 195 Å². The lowest BCUT2D eigenvalue weighted by Crippen LogP contribution is -2.52. The molecule has 180 valence electrons. The first-order chi connectivity index (χ1) is 15.0. The van der Waals surface area contributed by atoms with Gasteiger partial charge in [0, 0.05) is 0 Å². The van der Waals surface area contributed by atoms with Gasteiger partial charge in [0.2, 0.25) is 0 Å². The summed E-state index contributed by atoms with van der Waals surface area (Å²) in [5, 5.41) is 0. The fourth-order valence-corrected chi connectivity index (χ4v) is 7.17. The molecule has 0 aromatic carbocycles. The monoisotopic (exact) mass is 444 g/mol. The number of esters is 1. The van der Waals surface area contributed by atoms with Crippen molar-refractivity contribution in [2.75, 3.05) is 0 Å². The molecule has 0 aromatic heterocycles. The third-order valence-electron chi connectivity index (χ3n) is 8.34. The molecule has 0 aromatic rings. The Morgan fingerprint density at radius 2 is 1.47 bits per heavy atom. The molecule has 0 unspecified atom stereocenters. The van der Waals surface area contributed by atoms with Crippen molar-refractivity contribution in [2.24, 2.45) is 23.2 Å². The third kappa shape index (κ3) is 5.36. The van der Waals surface area contributed by atoms with Crippen molar-refractivity contribution >= 4 is 5.97 Å². The number of rotatable bonds is 7. The number of hydrogen-bond acceptors (Lipinski definition) is 4. The van der Waals surface area contributed by atoms with E-state index >= 15 is 0 Å². The predicted molar refractivity (Wildman–Crippen MR) is 126 cm³/mol. The average molecular weight is 445 g/mol. The van der Waals surface area contributed by atoms with Crippen LogP contribution in [0.1, 0.15) is 118 Å². The summed E-state index contributed by atoms with van der Waals surface area (Å²) >= 11 is 0. The van der Waals surface area contributed by atoms with Crippen LogP contribution in [0.4, 0.5) is 0 Å². The maximum absolute atomic E-state index is 13.7. The molecule has 0 N–H and O–H groups in total. The van der Waals surface area contributed by atoms with Crippen LogP contribution in [-0.4, -0.2) is 22.8 Å². The van der Waals surface area contributed by atoms with Crippen LogP contribution >= 0.6 is 0 Å². The van der Waals surface area contributed by atoms with Crippen molar-refractivity contribution in [1.82, 2.24) is 0 Å². The van der Waals surface area contributed by atoms with Crippen LogP contribution in [0, 0.1) is 35.0 Å². The molecule has 32 heavy (non-hydrogen) atoms. The van der Waals surface area contributed by atoms with E-state index in [2.05, 4.69) is 18.8 Å². The molecule has 5 fully saturated rings. The Bertz CT molecular complexity index is 712. The summed E-state index contributed by atoms with van der Waals surface area (Å²) in [7, 11) is 0. The molecule has 4 bridgehead atoms. The molecule has 4 heteroatoms. The second-order valence-corrected chi connectivity index (χ2v) is 12.6. The van der Waals surface area contributed by atoms with Gasteiger partial charge in [0.15, 0.2) is 11.2 Å². The summed E-state index contributed by atoms with van der Waals surface area (Å²) in [6.07, 6.45) is 14.0. The Kier molecular flexibility index (Phi) is 6.74. The number of carbonyl (C=O) groups excluding carboxylic acids is 1. The van der Waals surface area contributed by atoms with Gasteiger partial charge in [-0.1, -0.05) is 31.6 Å². The molecule has 5 aliphatic rings. The van der Waals surface area contributed by atoms with Gasteiger partial charge in [0.05, 0.1) is 11.0 Å². The molecule has 0 atom stereocenters. The number of carbonyl (C=O) groups is 1. The van der Waals surface area contributed by atoms with E-state index in [-0.39, 0.29) is 17.0 Å². The van der Waals surface area contributed by atoms with Gasteiger partial charge >= 0.3 is 5.97 Å². The van der Waals surface area contributed by atoms with Gasteiger partial charge < -0.3 is 4.74 Å². The molecule has 0 radical (unpaired) electrons. The van der Waals surface area contributed by atoms with Gasteiger partial charge in [-0.2, -0.15) is 0 Å². The summed E-state index contributed by atoms with van der Waals surface area (Å²) in [6, 6.07) is 0. The second kappa shape index (κ2) is 8.95. The first kappa shape index (κ1) is 24.1. The van der Waals surface area contributed by atoms with Gasteiger partial charge in [-0.15, -0.1) is 0 Å². The zero-order valence-electron chi connectivity index (χ0n) is 21.1. The van der Waals surface area contributed by atoms with E-state index in [9.17, 15) is 4.79 Å². The molecule has 5 saturated carbocycles. The van der Waals surface area contributed by atoms with Gasteiger partial charge in [-0.25, -0.2) is 9.78 Å². The van der Waals surface area contributed by atoms with E-state index in [1.54, 1.807) is 0 Å². The molecule has 0 saturated heterocycles. The highest BCUT2D eigenvalue weighted by Gasteiger charge is 2.56. The van der Waals surface area contributed by atoms with Gasteiger partial charge in [-0.3, -0.25) is 4.79 Å². The zero-order valence-corrected chi connectivity index (χ0v) is 21.1. The minimum atomic E-state index is -0.761. The minimum Gasteiger partial charge on any atom is -0.445 e. The standard InChI is InChI=1S/C28H44O4/c1-6-10-25(2,3)31-32-26(4,5)13-14-28(11-8-7-9-12-28)30-24(29)27-18-21-15-22(19-27)17-23(16-21)20-27/h21-23H,6-12,15-20H2,1-5H3. The normalized spacial score (nSPS) is 33.5. The Morgan fingerprint density at radius 1 is 0.906 bits per heavy atom. The molecule has 0 heterocycles. The van der Waals surface area contributed by atoms with Crippen LogP contribution in [0.3, 0.4) is 0 Å². The summed E-state index contributed by atoms with van der Waals surface area (Å²) in [5.41, 5.74) is -2.01. The minimum absolute atomic E-state index is 0.0480. The predicted octanol–water partition coefficient (Wildman–Crippen LogP) is 6.76. The molecular formula is C28H44O4. The Morgan fingerprint density at radius 3 is 2.00 bits per heavy atom. The summed E-state index contributed by atoms with van der Waals surface area (Å²) in [5.74, 6) is 8.95. The van der Waals surface area contributed by atoms with E-state index in [0.29, 0.717) is 0 Å². The van der Waals surface area contributed by atoms with Crippen LogP contribution in [0.15, 0.2) is 0 Å². The highest BCUT2D eigenvalue weighted by Crippen LogP contribution is 2.60. The Hall–Kier alpha value is -1.05. The van der Waals surface area contributed by atoms with E-state index in [1.807, 2.05) is 27.7 Å². The fourth-order valence-electron chi connectivity index (χ4n) is 7.17. The maximum Gasteiger partial charge on any atom is 0.313 e. The van der Waals surface area contributed by atoms with Crippen LogP contribution in [0.2, 0.25) is 0 Å². The Balaban J connectivity index is 1.47. The smallest absolute Gasteiger partial charge is 0.313 e. The average Bonchev–Trinajstić information content (AvgIpc) is 2.71. The zero-order chi connectivity index (χ0) is 23.0. The van der Waals surface area contributed by atoms with Crippen molar-refractivity contribution in [3.05, 3.63) is 0 Å². The number of ether oxygens (including phenoxy) is 1. The molecule has 4 nitrogen and oxygen atoms in total. The van der Waals surface area contributed by atoms with Gasteiger partial charge in [-0.05, 0) is 116 Å². The number of hydrogen-bond donors (Lipinski definition) is 0. The van der Waals surface area contributed by atoms with Crippen LogP contribution in [0.25, 0.3) is 0 Å². The highest BCUT2D eigenvalue weighted by atomic mass is 17.2. The van der Waals surface area contributed by atoms with E-state index in [1.165, 1.54) is 25.7 Å². The van der Waals surface area contributed by atoms with Gasteiger partial charge in [0.1, 0.15) is 0 Å². The molecule has 5 rings (SSSR count). The molecule has 0 aliphatic heterocycles. The lowest BCUT2D eigenvalue weighted by Gasteiger charge is -2.55. The van der Waals surface area contributed by atoms with Crippen molar-refractivity contribution in [1.29, 1.82) is 0 Å². The lowest BCUT2D eigenvalue weighted by molar-refractivity contribution is -0.389. The first-order valence-corrected chi connectivity index (χ1v) is 13.2. The largest absolute Gasteiger partial charge is 0.445 e. The topological polar surface area (TPSA) is 44.8 Å². The van der Waals surface area contributed by atoms with E-state index < -0.39 is 11.2 Å². The first-order valence-electron chi connectivity index (χ1n) is 13.2. The SMILES string of the molecule is CCCC(C)(C)OOC(C)(C)C#CC1(OC(=O)C23CC4CC(CC(C4)C2)C3)CCCCC1. The second-order valence-electron chi connectivity index (χ2n) is 12.6. The van der Waals surface area contributed by atoms with Crippen LogP contribution < -0.4 is 0 Å². The van der Waals surface area contributed by atoms with Crippen molar-refractivity contribution in [3.63, 3.8) is 0 Å². The summed E-state index contributed by atoms with van der Waals surface area (Å²) in [4.78, 5) is 25.2. The molecule has 0 amide bonds. The fraction of sp³-hybridized carbons (Fsp3) is 0.893. The van der Waals surface area contributed by atoms with Crippen molar-refractivity contribution in [2.45, 2.75) is 135 Å². The van der Waals surface area contributed by atoms with Gasteiger partial charge in [0.25, 0.3) is 0 Å². The van der Waals surface area contributed by atoms with E-state index in [4.69, 9.17) is 14.5 Å². The van der Waals surface area contributed by atoms with Crippen LogP contribution in [0.5, 0.6) is 0 Å². The van der Waals surface area contributed by atoms with Crippen LogP contribution in [-0.2, 0) is 19.3 Å².